The topological polar surface area (TPSA) is 55.2 Å². The van der Waals surface area contributed by atoms with Gasteiger partial charge in [-0.15, -0.1) is 0 Å². The fourth-order valence-corrected chi connectivity index (χ4v) is 4.99. The molecule has 1 aromatic heterocycles. The molecular formula is C11H17N3O2S. The lowest BCUT2D eigenvalue weighted by Crippen LogP contribution is -2.44. The Morgan fingerprint density at radius 3 is 2.41 bits per heavy atom. The lowest BCUT2D eigenvalue weighted by atomic mass is 10.1. The molecule has 5 nitrogen and oxygen atoms in total. The molecule has 2 atom stereocenters. The van der Waals surface area contributed by atoms with Crippen molar-refractivity contribution in [2.75, 3.05) is 0 Å². The average Bonchev–Trinajstić information content (AvgIpc) is 2.82. The van der Waals surface area contributed by atoms with Crippen molar-refractivity contribution in [3.05, 3.63) is 12.3 Å². The molecule has 6 heteroatoms. The zero-order valence-corrected chi connectivity index (χ0v) is 10.7. The van der Waals surface area contributed by atoms with E-state index in [1.165, 1.54) is 0 Å². The van der Waals surface area contributed by atoms with Crippen molar-refractivity contribution < 1.29 is 8.42 Å². The maximum Gasteiger partial charge on any atom is 0.262 e. The van der Waals surface area contributed by atoms with E-state index in [0.717, 1.165) is 32.1 Å². The Bertz CT molecular complexity index is 507. The van der Waals surface area contributed by atoms with Gasteiger partial charge < -0.3 is 0 Å². The molecule has 3 rings (SSSR count). The third kappa shape index (κ3) is 1.70. The smallest absolute Gasteiger partial charge is 0.262 e. The first kappa shape index (κ1) is 11.2. The minimum absolute atomic E-state index is 0.193. The average molecular weight is 255 g/mol. The zero-order chi connectivity index (χ0) is 12.0. The summed E-state index contributed by atoms with van der Waals surface area (Å²) in [5.74, 6) is 0. The van der Waals surface area contributed by atoms with Crippen LogP contribution in [0.3, 0.4) is 0 Å². The lowest BCUT2D eigenvalue weighted by Gasteiger charge is -2.32. The van der Waals surface area contributed by atoms with E-state index < -0.39 is 10.0 Å². The molecule has 0 aliphatic carbocycles. The third-order valence-electron chi connectivity index (χ3n) is 3.86. The van der Waals surface area contributed by atoms with Crippen molar-refractivity contribution in [2.24, 2.45) is 7.05 Å². The van der Waals surface area contributed by atoms with Crippen molar-refractivity contribution in [2.45, 2.75) is 49.2 Å². The van der Waals surface area contributed by atoms with Crippen molar-refractivity contribution in [1.82, 2.24) is 14.1 Å². The van der Waals surface area contributed by atoms with E-state index in [9.17, 15) is 8.42 Å². The second kappa shape index (κ2) is 3.81. The normalized spacial score (nSPS) is 29.7. The second-order valence-electron chi connectivity index (χ2n) is 4.98. The Hall–Kier alpha value is -0.880. The lowest BCUT2D eigenvalue weighted by molar-refractivity contribution is 0.247. The summed E-state index contributed by atoms with van der Waals surface area (Å²) in [5.41, 5.74) is 0. The number of aromatic nitrogens is 2. The number of hydrogen-bond acceptors (Lipinski definition) is 3. The van der Waals surface area contributed by atoms with Crippen molar-refractivity contribution in [3.8, 4) is 0 Å². The van der Waals surface area contributed by atoms with Crippen LogP contribution in [0.1, 0.15) is 32.1 Å². The summed E-state index contributed by atoms with van der Waals surface area (Å²) in [5, 5.41) is 4.23. The van der Waals surface area contributed by atoms with E-state index in [-0.39, 0.29) is 17.1 Å². The first-order valence-electron chi connectivity index (χ1n) is 6.12. The van der Waals surface area contributed by atoms with Crippen LogP contribution in [0, 0.1) is 0 Å². The van der Waals surface area contributed by atoms with Gasteiger partial charge in [-0.25, -0.2) is 8.42 Å². The van der Waals surface area contributed by atoms with E-state index in [1.54, 1.807) is 28.3 Å². The molecule has 0 radical (unpaired) electrons. The van der Waals surface area contributed by atoms with Crippen LogP contribution in [-0.4, -0.2) is 34.6 Å². The molecule has 2 fully saturated rings. The van der Waals surface area contributed by atoms with Gasteiger partial charge in [0.2, 0.25) is 0 Å². The molecule has 2 unspecified atom stereocenters. The Kier molecular flexibility index (Phi) is 2.52. The van der Waals surface area contributed by atoms with Gasteiger partial charge in [0.25, 0.3) is 10.0 Å². The molecule has 94 valence electrons. The molecule has 0 spiro atoms. The van der Waals surface area contributed by atoms with Gasteiger partial charge in [-0.05, 0) is 31.7 Å². The van der Waals surface area contributed by atoms with E-state index in [4.69, 9.17) is 0 Å². The summed E-state index contributed by atoms with van der Waals surface area (Å²) in [6.07, 6.45) is 6.86. The van der Waals surface area contributed by atoms with Crippen LogP contribution >= 0.6 is 0 Å². The summed E-state index contributed by atoms with van der Waals surface area (Å²) in [7, 11) is -1.64. The summed E-state index contributed by atoms with van der Waals surface area (Å²) in [4.78, 5) is 0. The molecule has 0 saturated carbocycles. The summed E-state index contributed by atoms with van der Waals surface area (Å²) >= 11 is 0. The van der Waals surface area contributed by atoms with E-state index in [2.05, 4.69) is 5.10 Å². The van der Waals surface area contributed by atoms with E-state index >= 15 is 0 Å². The maximum absolute atomic E-state index is 12.5. The Morgan fingerprint density at radius 2 is 1.88 bits per heavy atom. The monoisotopic (exact) mass is 255 g/mol. The maximum atomic E-state index is 12.5. The van der Waals surface area contributed by atoms with Crippen LogP contribution in [0.5, 0.6) is 0 Å². The molecule has 2 aliphatic rings. The molecule has 3 heterocycles. The Morgan fingerprint density at radius 1 is 1.24 bits per heavy atom. The summed E-state index contributed by atoms with van der Waals surface area (Å²) in [6, 6.07) is 2.00. The second-order valence-corrected chi connectivity index (χ2v) is 6.77. The minimum atomic E-state index is -3.38. The van der Waals surface area contributed by atoms with Crippen LogP contribution in [0.4, 0.5) is 0 Å². The molecule has 2 bridgehead atoms. The fraction of sp³-hybridized carbons (Fsp3) is 0.727. The number of sulfonamides is 1. The first-order valence-corrected chi connectivity index (χ1v) is 7.56. The minimum Gasteiger partial charge on any atom is -0.274 e. The van der Waals surface area contributed by atoms with Gasteiger partial charge in [0.15, 0.2) is 5.03 Å². The largest absolute Gasteiger partial charge is 0.274 e. The van der Waals surface area contributed by atoms with Gasteiger partial charge in [-0.1, -0.05) is 6.42 Å². The van der Waals surface area contributed by atoms with Crippen LogP contribution in [0.25, 0.3) is 0 Å². The Labute approximate surface area is 101 Å². The molecular weight excluding hydrogens is 238 g/mol. The number of fused-ring (bicyclic) bond motifs is 2. The van der Waals surface area contributed by atoms with Gasteiger partial charge >= 0.3 is 0 Å². The van der Waals surface area contributed by atoms with Crippen LogP contribution < -0.4 is 0 Å². The standard InChI is InChI=1S/C11H17N3O2S/c1-13-8-7-11(12-13)17(15,16)14-9-3-2-4-10(14)6-5-9/h7-10H,2-6H2,1H3. The van der Waals surface area contributed by atoms with Gasteiger partial charge in [0, 0.05) is 25.3 Å². The number of piperidine rings is 1. The highest BCUT2D eigenvalue weighted by molar-refractivity contribution is 7.89. The van der Waals surface area contributed by atoms with Crippen LogP contribution in [-0.2, 0) is 17.1 Å². The number of hydrogen-bond donors (Lipinski definition) is 0. The van der Waals surface area contributed by atoms with Crippen molar-refractivity contribution in [1.29, 1.82) is 0 Å². The number of rotatable bonds is 2. The highest BCUT2D eigenvalue weighted by atomic mass is 32.2. The highest BCUT2D eigenvalue weighted by Crippen LogP contribution is 2.39. The zero-order valence-electron chi connectivity index (χ0n) is 9.91. The summed E-state index contributed by atoms with van der Waals surface area (Å²) < 4.78 is 28.3. The highest BCUT2D eigenvalue weighted by Gasteiger charge is 2.44. The predicted molar refractivity (Wildman–Crippen MR) is 62.9 cm³/mol. The van der Waals surface area contributed by atoms with Crippen LogP contribution in [0.15, 0.2) is 17.3 Å². The van der Waals surface area contributed by atoms with Crippen LogP contribution in [0.2, 0.25) is 0 Å². The molecule has 0 aromatic carbocycles. The van der Waals surface area contributed by atoms with Gasteiger partial charge in [0.1, 0.15) is 0 Å². The molecule has 0 N–H and O–H groups in total. The summed E-state index contributed by atoms with van der Waals surface area (Å²) in [6.45, 7) is 0. The number of aryl methyl sites for hydroxylation is 1. The van der Waals surface area contributed by atoms with Crippen molar-refractivity contribution in [3.63, 3.8) is 0 Å². The van der Waals surface area contributed by atoms with Gasteiger partial charge in [0.05, 0.1) is 0 Å². The predicted octanol–water partition coefficient (Wildman–Crippen LogP) is 1.13. The first-order chi connectivity index (χ1) is 8.09. The van der Waals surface area contributed by atoms with Gasteiger partial charge in [-0.3, -0.25) is 4.68 Å². The number of nitrogens with zero attached hydrogens (tertiary/aromatic N) is 3. The quantitative estimate of drug-likeness (QED) is 0.796. The third-order valence-corrected chi connectivity index (χ3v) is 5.76. The SMILES string of the molecule is Cn1ccc(S(=O)(=O)N2C3CCCC2CC3)n1. The molecule has 17 heavy (non-hydrogen) atoms. The molecule has 1 aromatic rings. The van der Waals surface area contributed by atoms with Gasteiger partial charge in [-0.2, -0.15) is 9.40 Å². The molecule has 2 saturated heterocycles. The van der Waals surface area contributed by atoms with E-state index in [0.29, 0.717) is 0 Å². The van der Waals surface area contributed by atoms with Crippen molar-refractivity contribution >= 4 is 10.0 Å². The molecule has 2 aliphatic heterocycles. The molecule has 0 amide bonds. The fourth-order valence-electron chi connectivity index (χ4n) is 3.10. The Balaban J connectivity index is 1.98. The van der Waals surface area contributed by atoms with E-state index in [1.807, 2.05) is 0 Å².